The average Bonchev–Trinajstić information content (AvgIpc) is 2.73. The molecule has 4 N–H and O–H groups in total. The van der Waals surface area contributed by atoms with Crippen LogP contribution >= 0.6 is 0 Å². The molecule has 17 heavy (non-hydrogen) atoms. The fourth-order valence-electron chi connectivity index (χ4n) is 1.90. The molecule has 1 unspecified atom stereocenters. The Bertz CT molecular complexity index is 392. The van der Waals surface area contributed by atoms with Gasteiger partial charge in [0.05, 0.1) is 19.8 Å². The van der Waals surface area contributed by atoms with Gasteiger partial charge in [0.25, 0.3) is 0 Å². The molecule has 1 atom stereocenters. The number of nitrogens with two attached hydrogens (primary N) is 2. The van der Waals surface area contributed by atoms with Gasteiger partial charge in [0, 0.05) is 19.3 Å². The van der Waals surface area contributed by atoms with Gasteiger partial charge in [-0.3, -0.25) is 14.4 Å². The maximum atomic E-state index is 11.2. The van der Waals surface area contributed by atoms with Crippen molar-refractivity contribution in [2.24, 2.45) is 5.73 Å². The Morgan fingerprint density at radius 3 is 3.06 bits per heavy atom. The van der Waals surface area contributed by atoms with E-state index in [9.17, 15) is 4.79 Å². The molecule has 0 aliphatic carbocycles. The van der Waals surface area contributed by atoms with E-state index in [1.807, 2.05) is 11.1 Å². The number of amides is 1. The topological polar surface area (TPSA) is 99.4 Å². The Labute approximate surface area is 99.3 Å². The van der Waals surface area contributed by atoms with E-state index in [-0.39, 0.29) is 11.9 Å². The summed E-state index contributed by atoms with van der Waals surface area (Å²) in [7, 11) is 0. The number of anilines is 1. The minimum atomic E-state index is -0.343. The highest BCUT2D eigenvalue weighted by atomic mass is 16.5. The SMILES string of the molecule is NC(=O)C1COCCN1CCn1ccc(N)n1. The first-order chi connectivity index (χ1) is 8.16. The Balaban J connectivity index is 1.90. The third kappa shape index (κ3) is 2.95. The van der Waals surface area contributed by atoms with Crippen molar-refractivity contribution >= 4 is 11.7 Å². The molecule has 1 fully saturated rings. The van der Waals surface area contributed by atoms with Gasteiger partial charge < -0.3 is 16.2 Å². The van der Waals surface area contributed by atoms with Crippen molar-refractivity contribution in [2.45, 2.75) is 12.6 Å². The molecule has 0 spiro atoms. The van der Waals surface area contributed by atoms with E-state index < -0.39 is 0 Å². The van der Waals surface area contributed by atoms with Crippen molar-refractivity contribution in [2.75, 3.05) is 32.0 Å². The van der Waals surface area contributed by atoms with Gasteiger partial charge in [-0.1, -0.05) is 0 Å². The van der Waals surface area contributed by atoms with Crippen LogP contribution in [-0.4, -0.2) is 52.9 Å². The van der Waals surface area contributed by atoms with E-state index in [2.05, 4.69) is 5.10 Å². The van der Waals surface area contributed by atoms with Crippen LogP contribution in [0.25, 0.3) is 0 Å². The molecule has 1 amide bonds. The first kappa shape index (κ1) is 11.9. The molecule has 2 rings (SSSR count). The van der Waals surface area contributed by atoms with Gasteiger partial charge in [0.15, 0.2) is 0 Å². The Morgan fingerprint density at radius 1 is 1.59 bits per heavy atom. The minimum Gasteiger partial charge on any atom is -0.382 e. The zero-order chi connectivity index (χ0) is 12.3. The van der Waals surface area contributed by atoms with Crippen molar-refractivity contribution in [3.63, 3.8) is 0 Å². The van der Waals surface area contributed by atoms with Crippen LogP contribution in [0.5, 0.6) is 0 Å². The van der Waals surface area contributed by atoms with E-state index in [0.29, 0.717) is 38.7 Å². The van der Waals surface area contributed by atoms with Crippen LogP contribution in [-0.2, 0) is 16.1 Å². The molecule has 7 heteroatoms. The number of hydrogen-bond donors (Lipinski definition) is 2. The molecule has 1 saturated heterocycles. The predicted octanol–water partition coefficient (Wildman–Crippen LogP) is -1.35. The molecular weight excluding hydrogens is 222 g/mol. The number of primary amides is 1. The van der Waals surface area contributed by atoms with Gasteiger partial charge in [0.1, 0.15) is 11.9 Å². The minimum absolute atomic E-state index is 0.336. The summed E-state index contributed by atoms with van der Waals surface area (Å²) in [5, 5.41) is 4.09. The van der Waals surface area contributed by atoms with E-state index in [0.717, 1.165) is 0 Å². The number of ether oxygens (including phenoxy) is 1. The molecule has 0 radical (unpaired) electrons. The monoisotopic (exact) mass is 239 g/mol. The number of nitrogens with zero attached hydrogens (tertiary/aromatic N) is 3. The third-order valence-electron chi connectivity index (χ3n) is 2.85. The maximum Gasteiger partial charge on any atom is 0.237 e. The molecule has 1 aliphatic heterocycles. The van der Waals surface area contributed by atoms with Crippen LogP contribution in [0.4, 0.5) is 5.82 Å². The largest absolute Gasteiger partial charge is 0.382 e. The number of hydrogen-bond acceptors (Lipinski definition) is 5. The molecule has 94 valence electrons. The highest BCUT2D eigenvalue weighted by Crippen LogP contribution is 2.07. The summed E-state index contributed by atoms with van der Waals surface area (Å²) >= 11 is 0. The smallest absolute Gasteiger partial charge is 0.237 e. The summed E-state index contributed by atoms with van der Waals surface area (Å²) in [6.07, 6.45) is 1.81. The number of nitrogen functional groups attached to an aromatic ring is 1. The number of morpholine rings is 1. The van der Waals surface area contributed by atoms with Gasteiger partial charge in [-0.05, 0) is 6.07 Å². The van der Waals surface area contributed by atoms with Crippen LogP contribution in [0.2, 0.25) is 0 Å². The van der Waals surface area contributed by atoms with Crippen LogP contribution in [0.15, 0.2) is 12.3 Å². The number of carbonyl (C=O) groups is 1. The van der Waals surface area contributed by atoms with Crippen LogP contribution in [0.1, 0.15) is 0 Å². The first-order valence-electron chi connectivity index (χ1n) is 5.57. The molecule has 1 aromatic rings. The fraction of sp³-hybridized carbons (Fsp3) is 0.600. The Hall–Kier alpha value is -1.60. The zero-order valence-corrected chi connectivity index (χ0v) is 9.58. The Kier molecular flexibility index (Phi) is 3.60. The Morgan fingerprint density at radius 2 is 2.41 bits per heavy atom. The lowest BCUT2D eigenvalue weighted by atomic mass is 10.2. The van der Waals surface area contributed by atoms with Crippen molar-refractivity contribution in [3.05, 3.63) is 12.3 Å². The molecule has 1 aliphatic rings. The van der Waals surface area contributed by atoms with Crippen molar-refractivity contribution in [1.29, 1.82) is 0 Å². The van der Waals surface area contributed by atoms with E-state index in [4.69, 9.17) is 16.2 Å². The highest BCUT2D eigenvalue weighted by molar-refractivity contribution is 5.80. The summed E-state index contributed by atoms with van der Waals surface area (Å²) in [5.41, 5.74) is 10.9. The second-order valence-electron chi connectivity index (χ2n) is 4.03. The second-order valence-corrected chi connectivity index (χ2v) is 4.03. The van der Waals surface area contributed by atoms with Gasteiger partial charge in [-0.25, -0.2) is 0 Å². The lowest BCUT2D eigenvalue weighted by molar-refractivity contribution is -0.129. The third-order valence-corrected chi connectivity index (χ3v) is 2.85. The fourth-order valence-corrected chi connectivity index (χ4v) is 1.90. The van der Waals surface area contributed by atoms with Gasteiger partial charge in [0.2, 0.25) is 5.91 Å². The predicted molar refractivity (Wildman–Crippen MR) is 62.0 cm³/mol. The van der Waals surface area contributed by atoms with Crippen LogP contribution in [0, 0.1) is 0 Å². The zero-order valence-electron chi connectivity index (χ0n) is 9.58. The van der Waals surface area contributed by atoms with Gasteiger partial charge in [-0.2, -0.15) is 5.10 Å². The van der Waals surface area contributed by atoms with Crippen molar-refractivity contribution < 1.29 is 9.53 Å². The summed E-state index contributed by atoms with van der Waals surface area (Å²) in [4.78, 5) is 13.3. The highest BCUT2D eigenvalue weighted by Gasteiger charge is 2.27. The number of carbonyl (C=O) groups excluding carboxylic acids is 1. The lowest BCUT2D eigenvalue weighted by Crippen LogP contribution is -2.53. The average molecular weight is 239 g/mol. The summed E-state index contributed by atoms with van der Waals surface area (Å²) in [6.45, 7) is 3.10. The van der Waals surface area contributed by atoms with Crippen molar-refractivity contribution in [3.8, 4) is 0 Å². The normalized spacial score (nSPS) is 21.5. The number of aromatic nitrogens is 2. The molecule has 2 heterocycles. The van der Waals surface area contributed by atoms with E-state index >= 15 is 0 Å². The van der Waals surface area contributed by atoms with E-state index in [1.54, 1.807) is 10.7 Å². The van der Waals surface area contributed by atoms with Gasteiger partial charge in [-0.15, -0.1) is 0 Å². The lowest BCUT2D eigenvalue weighted by Gasteiger charge is -2.33. The summed E-state index contributed by atoms with van der Waals surface area (Å²) < 4.78 is 7.00. The van der Waals surface area contributed by atoms with Crippen LogP contribution in [0.3, 0.4) is 0 Å². The molecular formula is C10H17N5O2. The molecule has 0 saturated carbocycles. The van der Waals surface area contributed by atoms with Crippen LogP contribution < -0.4 is 11.5 Å². The maximum absolute atomic E-state index is 11.2. The standard InChI is InChI=1S/C10H17N5O2/c11-9-1-2-15(13-9)4-3-14-5-6-17-7-8(14)10(12)16/h1-2,8H,3-7H2,(H2,11,13)(H2,12,16). The molecule has 0 bridgehead atoms. The molecule has 7 nitrogen and oxygen atoms in total. The number of rotatable bonds is 4. The van der Waals surface area contributed by atoms with E-state index in [1.165, 1.54) is 0 Å². The first-order valence-corrected chi connectivity index (χ1v) is 5.57. The van der Waals surface area contributed by atoms with Gasteiger partial charge >= 0.3 is 0 Å². The summed E-state index contributed by atoms with van der Waals surface area (Å²) in [5.74, 6) is 0.156. The second kappa shape index (κ2) is 5.15. The molecule has 1 aromatic heterocycles. The molecule has 0 aromatic carbocycles. The van der Waals surface area contributed by atoms with Crippen molar-refractivity contribution in [1.82, 2.24) is 14.7 Å². The summed E-state index contributed by atoms with van der Waals surface area (Å²) in [6, 6.07) is 1.40. The quantitative estimate of drug-likeness (QED) is 0.677.